The molecule has 0 saturated carbocycles. The molecule has 0 saturated heterocycles. The van der Waals surface area contributed by atoms with Crippen molar-refractivity contribution in [3.8, 4) is 11.4 Å². The number of carbonyl (C=O) groups is 1. The number of nitrogens with one attached hydrogen (secondary N) is 1. The van der Waals surface area contributed by atoms with Crippen molar-refractivity contribution in [2.24, 2.45) is 5.73 Å². The maximum absolute atomic E-state index is 11.6. The number of rotatable bonds is 8. The van der Waals surface area contributed by atoms with Crippen molar-refractivity contribution in [1.29, 1.82) is 0 Å². The molecule has 1 amide bonds. The van der Waals surface area contributed by atoms with Gasteiger partial charge in [0.15, 0.2) is 0 Å². The molecule has 3 rings (SSSR count). The lowest BCUT2D eigenvalue weighted by molar-refractivity contribution is 0.100. The summed E-state index contributed by atoms with van der Waals surface area (Å²) in [5.74, 6) is 0.264. The highest BCUT2D eigenvalue weighted by Crippen LogP contribution is 2.24. The van der Waals surface area contributed by atoms with Crippen LogP contribution in [0.25, 0.3) is 22.4 Å². The van der Waals surface area contributed by atoms with Crippen LogP contribution in [0.5, 0.6) is 0 Å². The van der Waals surface area contributed by atoms with Crippen LogP contribution in [0.1, 0.15) is 24.2 Å². The van der Waals surface area contributed by atoms with Gasteiger partial charge in [-0.2, -0.15) is 0 Å². The monoisotopic (exact) mass is 365 g/mol. The molecule has 1 aromatic heterocycles. The highest BCUT2D eigenvalue weighted by Gasteiger charge is 2.12. The Morgan fingerprint density at radius 3 is 2.41 bits per heavy atom. The molecule has 3 aromatic rings. The highest BCUT2D eigenvalue weighted by atomic mass is 16.1. The van der Waals surface area contributed by atoms with E-state index in [2.05, 4.69) is 52.8 Å². The Morgan fingerprint density at radius 1 is 1.07 bits per heavy atom. The molecule has 0 atom stereocenters. The number of aromatic nitrogens is 2. The van der Waals surface area contributed by atoms with E-state index in [0.717, 1.165) is 43.1 Å². The number of nitrogens with zero attached hydrogens (tertiary/aromatic N) is 3. The SMILES string of the molecule is CCN(CC)CCN(C)c1ccc(-c2nc3c(C(N)=O)cccc3[nH]2)cc1. The second-order valence-electron chi connectivity index (χ2n) is 6.65. The number of nitrogens with two attached hydrogens (primary N) is 1. The van der Waals surface area contributed by atoms with Gasteiger partial charge in [-0.1, -0.05) is 19.9 Å². The van der Waals surface area contributed by atoms with Gasteiger partial charge >= 0.3 is 0 Å². The molecule has 0 unspecified atom stereocenters. The Balaban J connectivity index is 1.78. The molecular weight excluding hydrogens is 338 g/mol. The van der Waals surface area contributed by atoms with Gasteiger partial charge in [-0.25, -0.2) is 4.98 Å². The first-order valence-corrected chi connectivity index (χ1v) is 9.36. The van der Waals surface area contributed by atoms with Gasteiger partial charge in [0.25, 0.3) is 5.91 Å². The van der Waals surface area contributed by atoms with Crippen LogP contribution in [0.15, 0.2) is 42.5 Å². The minimum Gasteiger partial charge on any atom is -0.373 e. The van der Waals surface area contributed by atoms with E-state index >= 15 is 0 Å². The maximum Gasteiger partial charge on any atom is 0.250 e. The number of likely N-dealkylation sites (N-methyl/N-ethyl adjacent to an activating group) is 2. The summed E-state index contributed by atoms with van der Waals surface area (Å²) in [6.45, 7) is 8.55. The molecule has 0 fully saturated rings. The smallest absolute Gasteiger partial charge is 0.250 e. The van der Waals surface area contributed by atoms with Crippen LogP contribution in [0.2, 0.25) is 0 Å². The van der Waals surface area contributed by atoms with Crippen LogP contribution < -0.4 is 10.6 Å². The summed E-state index contributed by atoms with van der Waals surface area (Å²) in [5.41, 5.74) is 9.44. The molecule has 0 aliphatic rings. The molecule has 6 nitrogen and oxygen atoms in total. The first kappa shape index (κ1) is 18.9. The van der Waals surface area contributed by atoms with Crippen LogP contribution in [0.4, 0.5) is 5.69 Å². The molecule has 1 heterocycles. The van der Waals surface area contributed by atoms with Crippen LogP contribution in [0, 0.1) is 0 Å². The van der Waals surface area contributed by atoms with E-state index in [-0.39, 0.29) is 0 Å². The van der Waals surface area contributed by atoms with Crippen molar-refractivity contribution in [3.05, 3.63) is 48.0 Å². The Labute approximate surface area is 160 Å². The van der Waals surface area contributed by atoms with Gasteiger partial charge in [0, 0.05) is 31.4 Å². The number of para-hydroxylation sites is 1. The lowest BCUT2D eigenvalue weighted by atomic mass is 10.2. The summed E-state index contributed by atoms with van der Waals surface area (Å²) in [4.78, 5) is 24.1. The summed E-state index contributed by atoms with van der Waals surface area (Å²) in [5, 5.41) is 0. The van der Waals surface area contributed by atoms with E-state index in [1.165, 1.54) is 5.69 Å². The average Bonchev–Trinajstić information content (AvgIpc) is 3.12. The van der Waals surface area contributed by atoms with E-state index in [4.69, 9.17) is 5.73 Å². The van der Waals surface area contributed by atoms with E-state index in [1.807, 2.05) is 18.2 Å². The van der Waals surface area contributed by atoms with Gasteiger partial charge in [0.05, 0.1) is 11.1 Å². The fourth-order valence-electron chi connectivity index (χ4n) is 3.20. The zero-order chi connectivity index (χ0) is 19.4. The van der Waals surface area contributed by atoms with Crippen molar-refractivity contribution in [3.63, 3.8) is 0 Å². The van der Waals surface area contributed by atoms with Gasteiger partial charge in [-0.3, -0.25) is 4.79 Å². The fraction of sp³-hybridized carbons (Fsp3) is 0.333. The third-order valence-corrected chi connectivity index (χ3v) is 5.01. The third kappa shape index (κ3) is 4.11. The molecule has 6 heteroatoms. The Hall–Kier alpha value is -2.86. The number of imidazole rings is 1. The van der Waals surface area contributed by atoms with E-state index in [9.17, 15) is 4.79 Å². The molecule has 0 aliphatic heterocycles. The van der Waals surface area contributed by atoms with Crippen molar-refractivity contribution in [1.82, 2.24) is 14.9 Å². The topological polar surface area (TPSA) is 78.2 Å². The number of hydrogen-bond acceptors (Lipinski definition) is 4. The largest absolute Gasteiger partial charge is 0.373 e. The number of benzene rings is 2. The maximum atomic E-state index is 11.6. The summed E-state index contributed by atoms with van der Waals surface area (Å²) >= 11 is 0. The minimum absolute atomic E-state index is 0.433. The van der Waals surface area contributed by atoms with Crippen molar-refractivity contribution in [2.75, 3.05) is 38.1 Å². The first-order chi connectivity index (χ1) is 13.0. The fourth-order valence-corrected chi connectivity index (χ4v) is 3.20. The van der Waals surface area contributed by atoms with Gasteiger partial charge in [-0.15, -0.1) is 0 Å². The first-order valence-electron chi connectivity index (χ1n) is 9.36. The standard InChI is InChI=1S/C21H27N5O/c1-4-26(5-2)14-13-25(3)16-11-9-15(10-12-16)21-23-18-8-6-7-17(20(22)27)19(18)24-21/h6-12H,4-5,13-14H2,1-3H3,(H2,22,27)(H,23,24). The molecule has 0 radical (unpaired) electrons. The second kappa shape index (κ2) is 8.22. The Bertz CT molecular complexity index is 912. The molecule has 0 spiro atoms. The summed E-state index contributed by atoms with van der Waals surface area (Å²) in [7, 11) is 2.11. The van der Waals surface area contributed by atoms with Crippen molar-refractivity contribution < 1.29 is 4.79 Å². The molecule has 27 heavy (non-hydrogen) atoms. The summed E-state index contributed by atoms with van der Waals surface area (Å²) in [6, 6.07) is 13.7. The molecule has 142 valence electrons. The van der Waals surface area contributed by atoms with Crippen LogP contribution in [0.3, 0.4) is 0 Å². The lowest BCUT2D eigenvalue weighted by Gasteiger charge is -2.24. The predicted molar refractivity (Wildman–Crippen MR) is 111 cm³/mol. The highest BCUT2D eigenvalue weighted by molar-refractivity contribution is 6.04. The third-order valence-electron chi connectivity index (χ3n) is 5.01. The van der Waals surface area contributed by atoms with Crippen molar-refractivity contribution >= 4 is 22.6 Å². The summed E-state index contributed by atoms with van der Waals surface area (Å²) in [6.07, 6.45) is 0. The van der Waals surface area contributed by atoms with Crippen molar-refractivity contribution in [2.45, 2.75) is 13.8 Å². The zero-order valence-corrected chi connectivity index (χ0v) is 16.2. The quantitative estimate of drug-likeness (QED) is 0.643. The Morgan fingerprint density at radius 2 is 1.78 bits per heavy atom. The number of hydrogen-bond donors (Lipinski definition) is 2. The van der Waals surface area contributed by atoms with Crippen LogP contribution in [-0.4, -0.2) is 54.0 Å². The van der Waals surface area contributed by atoms with E-state index < -0.39 is 5.91 Å². The second-order valence-corrected chi connectivity index (χ2v) is 6.65. The predicted octanol–water partition coefficient (Wildman–Crippen LogP) is 3.11. The minimum atomic E-state index is -0.469. The molecule has 3 N–H and O–H groups in total. The number of H-pyrrole nitrogens is 1. The molecule has 0 aliphatic carbocycles. The van der Waals surface area contributed by atoms with E-state index in [0.29, 0.717) is 11.1 Å². The van der Waals surface area contributed by atoms with E-state index in [1.54, 1.807) is 12.1 Å². The van der Waals surface area contributed by atoms with Crippen LogP contribution >= 0.6 is 0 Å². The summed E-state index contributed by atoms with van der Waals surface area (Å²) < 4.78 is 0. The number of carbonyl (C=O) groups excluding carboxylic acids is 1. The number of primary amides is 1. The number of fused-ring (bicyclic) bond motifs is 1. The van der Waals surface area contributed by atoms with Gasteiger partial charge in [-0.05, 0) is 49.5 Å². The van der Waals surface area contributed by atoms with Gasteiger partial charge in [0.1, 0.15) is 11.3 Å². The average molecular weight is 365 g/mol. The van der Waals surface area contributed by atoms with Gasteiger partial charge in [0.2, 0.25) is 0 Å². The Kier molecular flexibility index (Phi) is 5.76. The normalized spacial score (nSPS) is 11.3. The zero-order valence-electron chi connectivity index (χ0n) is 16.2. The lowest BCUT2D eigenvalue weighted by Crippen LogP contribution is -2.33. The van der Waals surface area contributed by atoms with Crippen LogP contribution in [-0.2, 0) is 0 Å². The number of aromatic amines is 1. The number of amides is 1. The molecule has 0 bridgehead atoms. The van der Waals surface area contributed by atoms with Gasteiger partial charge < -0.3 is 20.5 Å². The molecule has 2 aromatic carbocycles. The number of anilines is 1. The molecular formula is C21H27N5O.